The zero-order valence-electron chi connectivity index (χ0n) is 16.9. The molecule has 0 radical (unpaired) electrons. The highest BCUT2D eigenvalue weighted by atomic mass is 32.2. The maximum absolute atomic E-state index is 12.8. The summed E-state index contributed by atoms with van der Waals surface area (Å²) in [5.74, 6) is 1.26. The first-order chi connectivity index (χ1) is 13.4. The van der Waals surface area contributed by atoms with Crippen LogP contribution in [0.4, 0.5) is 0 Å². The maximum atomic E-state index is 12.8. The standard InChI is InChI=1S/C21H26N4OS2/c1-14(2)24(15(3)4)19(26)13-28-21-23-22-20(18-10-7-11-27-18)25(21)17-9-6-8-16(5)12-17/h6-12,14-15H,13H2,1-5H3. The highest BCUT2D eigenvalue weighted by Crippen LogP contribution is 2.31. The predicted octanol–water partition coefficient (Wildman–Crippen LogP) is 5.04. The molecule has 0 N–H and O–H groups in total. The van der Waals surface area contributed by atoms with Crippen LogP contribution in [0.5, 0.6) is 0 Å². The molecule has 28 heavy (non-hydrogen) atoms. The third-order valence-electron chi connectivity index (χ3n) is 4.36. The number of carbonyl (C=O) groups excluding carboxylic acids is 1. The molecule has 148 valence electrons. The van der Waals surface area contributed by atoms with Gasteiger partial charge in [0.25, 0.3) is 0 Å². The van der Waals surface area contributed by atoms with Gasteiger partial charge in [0.05, 0.1) is 16.3 Å². The van der Waals surface area contributed by atoms with E-state index in [1.807, 2.05) is 66.8 Å². The molecule has 0 saturated carbocycles. The molecule has 1 aromatic carbocycles. The maximum Gasteiger partial charge on any atom is 0.233 e. The minimum absolute atomic E-state index is 0.117. The van der Waals surface area contributed by atoms with Gasteiger partial charge in [0.1, 0.15) is 0 Å². The zero-order valence-corrected chi connectivity index (χ0v) is 18.5. The molecule has 3 aromatic rings. The number of benzene rings is 1. The van der Waals surface area contributed by atoms with Gasteiger partial charge in [0.2, 0.25) is 5.91 Å². The lowest BCUT2D eigenvalue weighted by Gasteiger charge is -2.30. The Hall–Kier alpha value is -2.12. The number of aromatic nitrogens is 3. The second kappa shape index (κ2) is 8.92. The molecule has 2 heterocycles. The molecule has 0 unspecified atom stereocenters. The number of hydrogen-bond acceptors (Lipinski definition) is 5. The minimum atomic E-state index is 0.117. The van der Waals surface area contributed by atoms with Crippen LogP contribution in [0, 0.1) is 6.92 Å². The summed E-state index contributed by atoms with van der Waals surface area (Å²) in [6.45, 7) is 10.3. The number of aryl methyl sites for hydroxylation is 1. The molecule has 0 aliphatic heterocycles. The lowest BCUT2D eigenvalue weighted by Crippen LogP contribution is -2.43. The van der Waals surface area contributed by atoms with Crippen LogP contribution in [0.2, 0.25) is 0 Å². The molecule has 0 aliphatic carbocycles. The van der Waals surface area contributed by atoms with Crippen molar-refractivity contribution in [3.05, 3.63) is 47.3 Å². The first-order valence-electron chi connectivity index (χ1n) is 9.38. The van der Waals surface area contributed by atoms with Crippen molar-refractivity contribution in [1.29, 1.82) is 0 Å². The highest BCUT2D eigenvalue weighted by Gasteiger charge is 2.22. The third-order valence-corrected chi connectivity index (χ3v) is 6.14. The average molecular weight is 415 g/mol. The van der Waals surface area contributed by atoms with Gasteiger partial charge in [-0.1, -0.05) is 30.0 Å². The molecule has 0 atom stereocenters. The predicted molar refractivity (Wildman–Crippen MR) is 117 cm³/mol. The SMILES string of the molecule is Cc1cccc(-n2c(SCC(=O)N(C(C)C)C(C)C)nnc2-c2cccs2)c1. The van der Waals surface area contributed by atoms with Crippen LogP contribution < -0.4 is 0 Å². The first-order valence-corrected chi connectivity index (χ1v) is 11.2. The van der Waals surface area contributed by atoms with E-state index >= 15 is 0 Å². The summed E-state index contributed by atoms with van der Waals surface area (Å²) >= 11 is 3.07. The van der Waals surface area contributed by atoms with Gasteiger partial charge in [0, 0.05) is 12.1 Å². The number of rotatable bonds is 7. The molecule has 7 heteroatoms. The topological polar surface area (TPSA) is 51.0 Å². The quantitative estimate of drug-likeness (QED) is 0.508. The van der Waals surface area contributed by atoms with Crippen LogP contribution in [0.1, 0.15) is 33.3 Å². The second-order valence-electron chi connectivity index (χ2n) is 7.24. The minimum Gasteiger partial charge on any atom is -0.337 e. The lowest BCUT2D eigenvalue weighted by molar-refractivity contribution is -0.131. The van der Waals surface area contributed by atoms with E-state index in [1.165, 1.54) is 17.3 Å². The van der Waals surface area contributed by atoms with Crippen LogP contribution in [0.25, 0.3) is 16.4 Å². The van der Waals surface area contributed by atoms with E-state index in [0.717, 1.165) is 21.5 Å². The molecule has 0 spiro atoms. The molecule has 0 aliphatic rings. The fraction of sp³-hybridized carbons (Fsp3) is 0.381. The Labute approximate surface area is 174 Å². The van der Waals surface area contributed by atoms with E-state index in [1.54, 1.807) is 11.3 Å². The number of nitrogens with zero attached hydrogens (tertiary/aromatic N) is 4. The van der Waals surface area contributed by atoms with E-state index in [0.29, 0.717) is 5.75 Å². The summed E-state index contributed by atoms with van der Waals surface area (Å²) in [5, 5.41) is 11.6. The van der Waals surface area contributed by atoms with Crippen molar-refractivity contribution in [2.24, 2.45) is 0 Å². The van der Waals surface area contributed by atoms with Crippen molar-refractivity contribution in [3.63, 3.8) is 0 Å². The zero-order chi connectivity index (χ0) is 20.3. The second-order valence-corrected chi connectivity index (χ2v) is 9.13. The Bertz CT molecular complexity index is 924. The summed E-state index contributed by atoms with van der Waals surface area (Å²) in [5.41, 5.74) is 2.18. The van der Waals surface area contributed by atoms with E-state index in [4.69, 9.17) is 0 Å². The number of carbonyl (C=O) groups is 1. The Morgan fingerprint density at radius 3 is 2.50 bits per heavy atom. The van der Waals surface area contributed by atoms with Gasteiger partial charge in [-0.2, -0.15) is 0 Å². The van der Waals surface area contributed by atoms with Crippen LogP contribution in [-0.4, -0.2) is 43.4 Å². The van der Waals surface area contributed by atoms with E-state index < -0.39 is 0 Å². The normalized spacial score (nSPS) is 11.4. The molecule has 2 aromatic heterocycles. The summed E-state index contributed by atoms with van der Waals surface area (Å²) in [6.07, 6.45) is 0. The molecular weight excluding hydrogens is 388 g/mol. The number of thioether (sulfide) groups is 1. The monoisotopic (exact) mass is 414 g/mol. The van der Waals surface area contributed by atoms with Gasteiger partial charge < -0.3 is 4.90 Å². The van der Waals surface area contributed by atoms with Gasteiger partial charge in [0.15, 0.2) is 11.0 Å². The molecule has 5 nitrogen and oxygen atoms in total. The first kappa shape index (κ1) is 20.6. The Kier molecular flexibility index (Phi) is 6.57. The van der Waals surface area contributed by atoms with Crippen LogP contribution >= 0.6 is 23.1 Å². The molecular formula is C21H26N4OS2. The van der Waals surface area contributed by atoms with Crippen molar-refractivity contribution < 1.29 is 4.79 Å². The molecule has 0 fully saturated rings. The van der Waals surface area contributed by atoms with E-state index in [-0.39, 0.29) is 18.0 Å². The summed E-state index contributed by atoms with van der Waals surface area (Å²) in [6, 6.07) is 12.7. The third kappa shape index (κ3) is 4.47. The van der Waals surface area contributed by atoms with Crippen LogP contribution in [0.15, 0.2) is 46.9 Å². The lowest BCUT2D eigenvalue weighted by atomic mass is 10.2. The van der Waals surface area contributed by atoms with Crippen molar-refractivity contribution in [2.45, 2.75) is 51.9 Å². The van der Waals surface area contributed by atoms with Gasteiger partial charge in [-0.15, -0.1) is 21.5 Å². The average Bonchev–Trinajstić information content (AvgIpc) is 3.28. The smallest absolute Gasteiger partial charge is 0.233 e. The van der Waals surface area contributed by atoms with E-state index in [9.17, 15) is 4.79 Å². The van der Waals surface area contributed by atoms with Crippen LogP contribution in [0.3, 0.4) is 0 Å². The van der Waals surface area contributed by atoms with Crippen molar-refractivity contribution in [1.82, 2.24) is 19.7 Å². The fourth-order valence-electron chi connectivity index (χ4n) is 3.30. The summed E-state index contributed by atoms with van der Waals surface area (Å²) in [7, 11) is 0. The largest absolute Gasteiger partial charge is 0.337 e. The fourth-order valence-corrected chi connectivity index (χ4v) is 4.82. The van der Waals surface area contributed by atoms with E-state index in [2.05, 4.69) is 29.3 Å². The van der Waals surface area contributed by atoms with Gasteiger partial charge in [-0.05, 0) is 63.8 Å². The molecule has 3 rings (SSSR count). The molecule has 0 bridgehead atoms. The van der Waals surface area contributed by atoms with Crippen molar-refractivity contribution >= 4 is 29.0 Å². The van der Waals surface area contributed by atoms with Gasteiger partial charge >= 0.3 is 0 Å². The Balaban J connectivity index is 1.93. The van der Waals surface area contributed by atoms with Gasteiger partial charge in [-0.25, -0.2) is 0 Å². The number of hydrogen-bond donors (Lipinski definition) is 0. The molecule has 0 saturated heterocycles. The Morgan fingerprint density at radius 2 is 1.89 bits per heavy atom. The summed E-state index contributed by atoms with van der Waals surface area (Å²) in [4.78, 5) is 15.8. The van der Waals surface area contributed by atoms with Gasteiger partial charge in [-0.3, -0.25) is 9.36 Å². The number of amides is 1. The number of thiophene rings is 1. The summed E-state index contributed by atoms with van der Waals surface area (Å²) < 4.78 is 2.05. The van der Waals surface area contributed by atoms with Crippen LogP contribution in [-0.2, 0) is 4.79 Å². The molecule has 1 amide bonds. The highest BCUT2D eigenvalue weighted by molar-refractivity contribution is 7.99. The Morgan fingerprint density at radius 1 is 1.14 bits per heavy atom. The van der Waals surface area contributed by atoms with Crippen molar-refractivity contribution in [3.8, 4) is 16.4 Å². The van der Waals surface area contributed by atoms with Crippen molar-refractivity contribution in [2.75, 3.05) is 5.75 Å².